The van der Waals surface area contributed by atoms with Crippen LogP contribution >= 0.6 is 0 Å². The first kappa shape index (κ1) is 7.72. The first-order chi connectivity index (χ1) is 4.26. The minimum absolute atomic E-state index is 0.447. The Hall–Kier alpha value is -1.28. The summed E-state index contributed by atoms with van der Waals surface area (Å²) in [6.45, 7) is 0. The lowest BCUT2D eigenvalue weighted by Crippen LogP contribution is -2.06. The van der Waals surface area contributed by atoms with E-state index in [9.17, 15) is 9.59 Å². The maximum atomic E-state index is 10.3. The minimum Gasteiger partial charge on any atom is -0.482 e. The molecule has 0 unspecified atom stereocenters. The Balaban J connectivity index is 4.14. The predicted molar refractivity (Wildman–Crippen MR) is 28.2 cm³/mol. The van der Waals surface area contributed by atoms with Gasteiger partial charge in [-0.1, -0.05) is 0 Å². The van der Waals surface area contributed by atoms with Gasteiger partial charge in [0.25, 0.3) is 5.76 Å². The molecule has 0 rings (SSSR count). The van der Waals surface area contributed by atoms with Crippen LogP contribution in [0, 0.1) is 0 Å². The molecule has 9 heavy (non-hydrogen) atoms. The zero-order valence-corrected chi connectivity index (χ0v) is 5.13. The lowest BCUT2D eigenvalue weighted by atomic mass is 10.6. The maximum Gasteiger partial charge on any atom is 0.385 e. The van der Waals surface area contributed by atoms with Crippen molar-refractivity contribution in [2.24, 2.45) is 0 Å². The first-order valence-electron chi connectivity index (χ1n) is 2.13. The van der Waals surface area contributed by atoms with Gasteiger partial charge in [-0.3, -0.25) is 0 Å². The topological polar surface area (TPSA) is 52.6 Å². The minimum atomic E-state index is -0.813. The number of rotatable bonds is 2. The van der Waals surface area contributed by atoms with Gasteiger partial charge in [0.15, 0.2) is 5.94 Å². The van der Waals surface area contributed by atoms with E-state index >= 15 is 0 Å². The zero-order chi connectivity index (χ0) is 7.28. The second kappa shape index (κ2) is 3.69. The Morgan fingerprint density at radius 3 is 2.00 bits per heavy atom. The van der Waals surface area contributed by atoms with Crippen molar-refractivity contribution >= 4 is 11.9 Å². The molecule has 0 saturated carbocycles. The van der Waals surface area contributed by atoms with Crippen LogP contribution in [0.3, 0.4) is 0 Å². The number of ether oxygens (including phenoxy) is 2. The summed E-state index contributed by atoms with van der Waals surface area (Å²) in [7, 11) is 2.34. The van der Waals surface area contributed by atoms with Crippen molar-refractivity contribution < 1.29 is 19.1 Å². The second-order valence-electron chi connectivity index (χ2n) is 1.13. The number of hydrogen-bond acceptors (Lipinski definition) is 4. The summed E-state index contributed by atoms with van der Waals surface area (Å²) in [6.07, 6.45) is 0. The normalized spacial score (nSPS) is 7.33. The molecule has 0 bridgehead atoms. The summed E-state index contributed by atoms with van der Waals surface area (Å²) in [6, 6.07) is 0. The average Bonchev–Trinajstić information content (AvgIpc) is 1.90. The largest absolute Gasteiger partial charge is 0.482 e. The van der Waals surface area contributed by atoms with Crippen molar-refractivity contribution in [1.29, 1.82) is 0 Å². The molecule has 0 atom stereocenters. The average molecular weight is 130 g/mol. The zero-order valence-electron chi connectivity index (χ0n) is 5.13. The standard InChI is InChI=1S/C5H6O4/c1-8-4(3-6)5(7)9-2/h1-2H3. The van der Waals surface area contributed by atoms with Gasteiger partial charge in [0.2, 0.25) is 0 Å². The molecule has 0 aliphatic carbocycles. The molecule has 0 aromatic heterocycles. The fraction of sp³-hybridized carbons (Fsp3) is 0.400. The summed E-state index contributed by atoms with van der Waals surface area (Å²) < 4.78 is 8.40. The molecule has 0 heterocycles. The van der Waals surface area contributed by atoms with Crippen LogP contribution in [0.4, 0.5) is 0 Å². The van der Waals surface area contributed by atoms with Crippen molar-refractivity contribution in [2.75, 3.05) is 14.2 Å². The highest BCUT2D eigenvalue weighted by atomic mass is 16.6. The molecule has 0 amide bonds. The maximum absolute atomic E-state index is 10.3. The molecule has 0 aliphatic rings. The molecule has 0 aromatic carbocycles. The van der Waals surface area contributed by atoms with Gasteiger partial charge in [0.1, 0.15) is 0 Å². The third-order valence-electron chi connectivity index (χ3n) is 0.668. The number of carbonyl (C=O) groups is 1. The van der Waals surface area contributed by atoms with E-state index in [1.54, 1.807) is 0 Å². The van der Waals surface area contributed by atoms with E-state index in [0.717, 1.165) is 7.11 Å². The van der Waals surface area contributed by atoms with Crippen molar-refractivity contribution in [3.8, 4) is 0 Å². The Labute approximate surface area is 52.1 Å². The third kappa shape index (κ3) is 1.97. The second-order valence-corrected chi connectivity index (χ2v) is 1.13. The highest BCUT2D eigenvalue weighted by Gasteiger charge is 2.08. The van der Waals surface area contributed by atoms with Crippen molar-refractivity contribution in [1.82, 2.24) is 0 Å². The molecule has 0 saturated heterocycles. The van der Waals surface area contributed by atoms with Gasteiger partial charge in [-0.25, -0.2) is 9.59 Å². The molecule has 50 valence electrons. The van der Waals surface area contributed by atoms with Crippen LogP contribution in [-0.4, -0.2) is 26.1 Å². The van der Waals surface area contributed by atoms with Crippen molar-refractivity contribution in [3.63, 3.8) is 0 Å². The van der Waals surface area contributed by atoms with Gasteiger partial charge in [0.05, 0.1) is 14.2 Å². The van der Waals surface area contributed by atoms with Crippen LogP contribution in [0.15, 0.2) is 5.76 Å². The van der Waals surface area contributed by atoms with Gasteiger partial charge in [-0.2, -0.15) is 0 Å². The molecule has 4 nitrogen and oxygen atoms in total. The Morgan fingerprint density at radius 2 is 1.89 bits per heavy atom. The summed E-state index contributed by atoms with van der Waals surface area (Å²) in [4.78, 5) is 20.1. The molecule has 0 N–H and O–H groups in total. The Kier molecular flexibility index (Phi) is 3.16. The fourth-order valence-corrected chi connectivity index (χ4v) is 0.259. The fourth-order valence-electron chi connectivity index (χ4n) is 0.259. The van der Waals surface area contributed by atoms with Gasteiger partial charge in [-0.15, -0.1) is 0 Å². The summed E-state index contributed by atoms with van der Waals surface area (Å²) >= 11 is 0. The van der Waals surface area contributed by atoms with E-state index in [0.29, 0.717) is 0 Å². The lowest BCUT2D eigenvalue weighted by Gasteiger charge is -1.95. The van der Waals surface area contributed by atoms with Gasteiger partial charge >= 0.3 is 5.97 Å². The van der Waals surface area contributed by atoms with Crippen LogP contribution in [0.1, 0.15) is 0 Å². The first-order valence-corrected chi connectivity index (χ1v) is 2.13. The molecule has 0 spiro atoms. The van der Waals surface area contributed by atoms with Gasteiger partial charge < -0.3 is 9.47 Å². The summed E-state index contributed by atoms with van der Waals surface area (Å²) in [5.74, 6) is 0.0131. The summed E-state index contributed by atoms with van der Waals surface area (Å²) in [5.41, 5.74) is 0. The van der Waals surface area contributed by atoms with E-state index in [4.69, 9.17) is 0 Å². The summed E-state index contributed by atoms with van der Waals surface area (Å²) in [5, 5.41) is 0. The van der Waals surface area contributed by atoms with E-state index in [1.165, 1.54) is 13.1 Å². The number of methoxy groups -OCH3 is 2. The van der Waals surface area contributed by atoms with Crippen molar-refractivity contribution in [2.45, 2.75) is 0 Å². The number of carbonyl (C=O) groups excluding carboxylic acids is 2. The number of esters is 1. The SMILES string of the molecule is COC(=O)C(=C=O)OC. The quantitative estimate of drug-likeness (QED) is 0.219. The van der Waals surface area contributed by atoms with Gasteiger partial charge in [-0.05, 0) is 0 Å². The predicted octanol–water partition coefficient (Wildman–Crippen LogP) is -0.479. The Morgan fingerprint density at radius 1 is 1.33 bits per heavy atom. The highest BCUT2D eigenvalue weighted by molar-refractivity contribution is 5.94. The van der Waals surface area contributed by atoms with Crippen LogP contribution in [0.5, 0.6) is 0 Å². The molecule has 4 heteroatoms. The third-order valence-corrected chi connectivity index (χ3v) is 0.668. The van der Waals surface area contributed by atoms with E-state index < -0.39 is 11.7 Å². The van der Waals surface area contributed by atoms with Crippen molar-refractivity contribution in [3.05, 3.63) is 5.76 Å². The molecule has 0 radical (unpaired) electrons. The van der Waals surface area contributed by atoms with Gasteiger partial charge in [0, 0.05) is 0 Å². The van der Waals surface area contributed by atoms with E-state index in [2.05, 4.69) is 9.47 Å². The lowest BCUT2D eigenvalue weighted by molar-refractivity contribution is -0.139. The van der Waals surface area contributed by atoms with Crippen LogP contribution in [0.2, 0.25) is 0 Å². The molecule has 0 fully saturated rings. The molecule has 0 aliphatic heterocycles. The highest BCUT2D eigenvalue weighted by Crippen LogP contribution is 1.89. The number of hydrogen-bond donors (Lipinski definition) is 0. The smallest absolute Gasteiger partial charge is 0.385 e. The van der Waals surface area contributed by atoms with E-state index in [-0.39, 0.29) is 0 Å². The van der Waals surface area contributed by atoms with Crippen LogP contribution in [-0.2, 0) is 19.1 Å². The van der Waals surface area contributed by atoms with Crippen LogP contribution < -0.4 is 0 Å². The Bertz CT molecular complexity index is 154. The molecular formula is C5H6O4. The molecular weight excluding hydrogens is 124 g/mol. The monoisotopic (exact) mass is 130 g/mol. The van der Waals surface area contributed by atoms with Crippen LogP contribution in [0.25, 0.3) is 0 Å². The van der Waals surface area contributed by atoms with E-state index in [1.807, 2.05) is 0 Å². The molecule has 0 aromatic rings.